The monoisotopic (exact) mass is 347 g/mol. The first-order valence-corrected chi connectivity index (χ1v) is 8.05. The van der Waals surface area contributed by atoms with E-state index >= 15 is 0 Å². The van der Waals surface area contributed by atoms with Crippen LogP contribution in [0, 0.1) is 27.7 Å². The van der Waals surface area contributed by atoms with Gasteiger partial charge in [-0.2, -0.15) is 0 Å². The molecule has 0 bridgehead atoms. The van der Waals surface area contributed by atoms with Crippen LogP contribution in [-0.2, 0) is 4.79 Å². The molecule has 0 atom stereocenters. The van der Waals surface area contributed by atoms with Gasteiger partial charge >= 0.3 is 0 Å². The van der Waals surface area contributed by atoms with Crippen LogP contribution in [0.1, 0.15) is 22.3 Å². The molecule has 0 aliphatic heterocycles. The molecule has 5 heteroatoms. The lowest BCUT2D eigenvalue weighted by Crippen LogP contribution is -2.21. The average Bonchev–Trinajstić information content (AvgIpc) is 2.54. The van der Waals surface area contributed by atoms with E-state index in [-0.39, 0.29) is 12.5 Å². The van der Waals surface area contributed by atoms with Gasteiger partial charge in [0.15, 0.2) is 6.61 Å². The zero-order valence-electron chi connectivity index (χ0n) is 14.6. The molecule has 0 unspecified atom stereocenters. The minimum Gasteiger partial charge on any atom is -0.495 e. The Kier molecular flexibility index (Phi) is 5.73. The molecule has 0 saturated carbocycles. The van der Waals surface area contributed by atoms with Crippen LogP contribution in [0.15, 0.2) is 24.3 Å². The second-order valence-corrected chi connectivity index (χ2v) is 6.20. The first-order chi connectivity index (χ1) is 11.3. The molecule has 24 heavy (non-hydrogen) atoms. The Labute approximate surface area is 147 Å². The molecule has 1 amide bonds. The van der Waals surface area contributed by atoms with Gasteiger partial charge in [0.25, 0.3) is 5.91 Å². The fourth-order valence-corrected chi connectivity index (χ4v) is 2.56. The highest BCUT2D eigenvalue weighted by atomic mass is 35.5. The van der Waals surface area contributed by atoms with Gasteiger partial charge in [0.05, 0.1) is 12.8 Å². The van der Waals surface area contributed by atoms with Gasteiger partial charge in [0.2, 0.25) is 0 Å². The fraction of sp³-hybridized carbons (Fsp3) is 0.316. The molecule has 0 aliphatic rings. The Morgan fingerprint density at radius 3 is 2.42 bits per heavy atom. The van der Waals surface area contributed by atoms with E-state index in [0.29, 0.717) is 16.5 Å². The maximum absolute atomic E-state index is 12.2. The third kappa shape index (κ3) is 4.01. The minimum absolute atomic E-state index is 0.0735. The number of carbonyl (C=O) groups excluding carboxylic acids is 1. The molecule has 2 aromatic carbocycles. The maximum atomic E-state index is 12.2. The van der Waals surface area contributed by atoms with Crippen molar-refractivity contribution in [3.63, 3.8) is 0 Å². The Morgan fingerprint density at radius 2 is 1.75 bits per heavy atom. The van der Waals surface area contributed by atoms with Crippen LogP contribution in [0.2, 0.25) is 5.02 Å². The maximum Gasteiger partial charge on any atom is 0.262 e. The van der Waals surface area contributed by atoms with Crippen molar-refractivity contribution in [3.05, 3.63) is 51.5 Å². The van der Waals surface area contributed by atoms with Gasteiger partial charge in [-0.3, -0.25) is 4.79 Å². The first-order valence-electron chi connectivity index (χ1n) is 7.67. The number of benzene rings is 2. The van der Waals surface area contributed by atoms with Crippen LogP contribution < -0.4 is 14.8 Å². The van der Waals surface area contributed by atoms with Crippen molar-refractivity contribution in [2.24, 2.45) is 0 Å². The molecule has 0 heterocycles. The van der Waals surface area contributed by atoms with Gasteiger partial charge in [-0.05, 0) is 56.0 Å². The number of halogens is 1. The first kappa shape index (κ1) is 18.1. The summed E-state index contributed by atoms with van der Waals surface area (Å²) in [4.78, 5) is 12.2. The summed E-state index contributed by atoms with van der Waals surface area (Å²) in [5, 5.41) is 3.40. The van der Waals surface area contributed by atoms with Crippen molar-refractivity contribution >= 4 is 23.2 Å². The number of nitrogens with one attached hydrogen (secondary N) is 1. The summed E-state index contributed by atoms with van der Waals surface area (Å²) in [5.74, 6) is 1.02. The lowest BCUT2D eigenvalue weighted by atomic mass is 10.1. The SMILES string of the molecule is COc1cc(Cl)c(C)cc1NC(=O)COc1c(C)ccc(C)c1C. The van der Waals surface area contributed by atoms with Crippen LogP contribution in [0.3, 0.4) is 0 Å². The number of hydrogen-bond acceptors (Lipinski definition) is 3. The molecule has 0 aliphatic carbocycles. The number of ether oxygens (including phenoxy) is 2. The van der Waals surface area contributed by atoms with Gasteiger partial charge in [-0.15, -0.1) is 0 Å². The van der Waals surface area contributed by atoms with Crippen LogP contribution in [0.5, 0.6) is 11.5 Å². The molecular weight excluding hydrogens is 326 g/mol. The Hall–Kier alpha value is -2.20. The van der Waals surface area contributed by atoms with Crippen LogP contribution in [-0.4, -0.2) is 19.6 Å². The number of carbonyl (C=O) groups is 1. The van der Waals surface area contributed by atoms with Gasteiger partial charge in [0.1, 0.15) is 11.5 Å². The smallest absolute Gasteiger partial charge is 0.262 e. The molecule has 0 radical (unpaired) electrons. The zero-order valence-corrected chi connectivity index (χ0v) is 15.4. The molecular formula is C19H22ClNO3. The highest BCUT2D eigenvalue weighted by Crippen LogP contribution is 2.31. The van der Waals surface area contributed by atoms with E-state index in [1.165, 1.54) is 7.11 Å². The summed E-state index contributed by atoms with van der Waals surface area (Å²) in [6, 6.07) is 7.49. The normalized spacial score (nSPS) is 10.4. The van der Waals surface area contributed by atoms with Crippen molar-refractivity contribution in [2.75, 3.05) is 19.0 Å². The lowest BCUT2D eigenvalue weighted by molar-refractivity contribution is -0.118. The van der Waals surface area contributed by atoms with E-state index < -0.39 is 0 Å². The fourth-order valence-electron chi connectivity index (χ4n) is 2.40. The Bertz CT molecular complexity index is 772. The molecule has 128 valence electrons. The molecule has 0 aromatic heterocycles. The van der Waals surface area contributed by atoms with Crippen LogP contribution >= 0.6 is 11.6 Å². The highest BCUT2D eigenvalue weighted by molar-refractivity contribution is 6.31. The predicted molar refractivity (Wildman–Crippen MR) is 97.5 cm³/mol. The molecule has 0 fully saturated rings. The van der Waals surface area contributed by atoms with E-state index in [4.69, 9.17) is 21.1 Å². The zero-order chi connectivity index (χ0) is 17.9. The molecule has 0 saturated heterocycles. The van der Waals surface area contributed by atoms with Gasteiger partial charge < -0.3 is 14.8 Å². The number of amides is 1. The number of methoxy groups -OCH3 is 1. The predicted octanol–water partition coefficient (Wildman–Crippen LogP) is 4.60. The number of anilines is 1. The summed E-state index contributed by atoms with van der Waals surface area (Å²) in [6.45, 7) is 7.76. The quantitative estimate of drug-likeness (QED) is 0.859. The largest absolute Gasteiger partial charge is 0.495 e. The molecule has 4 nitrogen and oxygen atoms in total. The van der Waals surface area contributed by atoms with Gasteiger partial charge in [-0.1, -0.05) is 23.7 Å². The minimum atomic E-state index is -0.254. The molecule has 2 aromatic rings. The average molecular weight is 348 g/mol. The summed E-state index contributed by atoms with van der Waals surface area (Å²) >= 11 is 6.07. The van der Waals surface area contributed by atoms with Crippen molar-refractivity contribution < 1.29 is 14.3 Å². The third-order valence-corrected chi connectivity index (χ3v) is 4.38. The van der Waals surface area contributed by atoms with Crippen molar-refractivity contribution in [2.45, 2.75) is 27.7 Å². The molecule has 1 N–H and O–H groups in total. The topological polar surface area (TPSA) is 47.6 Å². The summed E-state index contributed by atoms with van der Waals surface area (Å²) in [5.41, 5.74) is 4.62. The van der Waals surface area contributed by atoms with E-state index in [1.807, 2.05) is 39.8 Å². The second-order valence-electron chi connectivity index (χ2n) is 5.79. The Morgan fingerprint density at radius 1 is 1.08 bits per heavy atom. The third-order valence-electron chi connectivity index (χ3n) is 3.98. The lowest BCUT2D eigenvalue weighted by Gasteiger charge is -2.15. The standard InChI is InChI=1S/C19H22ClNO3/c1-11-6-7-12(2)19(14(11)4)24-10-18(22)21-16-8-13(3)15(20)9-17(16)23-5/h6-9H,10H2,1-5H3,(H,21,22). The Balaban J connectivity index is 2.10. The van der Waals surface area contributed by atoms with E-state index in [0.717, 1.165) is 28.0 Å². The van der Waals surface area contributed by atoms with E-state index in [2.05, 4.69) is 5.32 Å². The van der Waals surface area contributed by atoms with Crippen molar-refractivity contribution in [1.82, 2.24) is 0 Å². The summed E-state index contributed by atoms with van der Waals surface area (Å²) in [7, 11) is 1.53. The number of hydrogen-bond donors (Lipinski definition) is 1. The van der Waals surface area contributed by atoms with E-state index in [1.54, 1.807) is 12.1 Å². The van der Waals surface area contributed by atoms with Gasteiger partial charge in [-0.25, -0.2) is 0 Å². The molecule has 0 spiro atoms. The van der Waals surface area contributed by atoms with Gasteiger partial charge in [0, 0.05) is 11.1 Å². The number of aryl methyl sites for hydroxylation is 3. The van der Waals surface area contributed by atoms with E-state index in [9.17, 15) is 4.79 Å². The summed E-state index contributed by atoms with van der Waals surface area (Å²) < 4.78 is 11.0. The second kappa shape index (κ2) is 7.58. The van der Waals surface area contributed by atoms with Crippen LogP contribution in [0.25, 0.3) is 0 Å². The summed E-state index contributed by atoms with van der Waals surface area (Å²) in [6.07, 6.45) is 0. The van der Waals surface area contributed by atoms with Crippen LogP contribution in [0.4, 0.5) is 5.69 Å². The van der Waals surface area contributed by atoms with Crippen molar-refractivity contribution in [1.29, 1.82) is 0 Å². The van der Waals surface area contributed by atoms with Crippen molar-refractivity contribution in [3.8, 4) is 11.5 Å². The number of rotatable bonds is 5. The highest BCUT2D eigenvalue weighted by Gasteiger charge is 2.13. The molecule has 2 rings (SSSR count).